The van der Waals surface area contributed by atoms with Crippen molar-refractivity contribution >= 4 is 21.6 Å². The zero-order valence-electron chi connectivity index (χ0n) is 9.48. The molecule has 2 aromatic heterocycles. The Morgan fingerprint density at radius 3 is 2.58 bits per heavy atom. The maximum Gasteiger partial charge on any atom is 0.417 e. The molecule has 1 aromatic carbocycles. The predicted molar refractivity (Wildman–Crippen MR) is 67.9 cm³/mol. The first-order chi connectivity index (χ1) is 9.07. The minimum absolute atomic E-state index is 0.0841. The summed E-state index contributed by atoms with van der Waals surface area (Å²) in [7, 11) is 0. The molecule has 19 heavy (non-hydrogen) atoms. The summed E-state index contributed by atoms with van der Waals surface area (Å²) in [5, 5.41) is 2.43. The Balaban J connectivity index is 2.31. The van der Waals surface area contributed by atoms with E-state index in [1.807, 2.05) is 0 Å². The molecule has 2 heterocycles. The Hall–Kier alpha value is -1.95. The summed E-state index contributed by atoms with van der Waals surface area (Å²) < 4.78 is 39.1. The molecule has 0 aliphatic heterocycles. The van der Waals surface area contributed by atoms with Gasteiger partial charge in [-0.15, -0.1) is 11.3 Å². The van der Waals surface area contributed by atoms with Gasteiger partial charge in [0.05, 0.1) is 11.3 Å². The molecule has 3 aromatic rings. The summed E-state index contributed by atoms with van der Waals surface area (Å²) in [6.07, 6.45) is -3.11. The zero-order chi connectivity index (χ0) is 13.5. The Bertz CT molecular complexity index is 734. The van der Waals surface area contributed by atoms with Crippen LogP contribution in [0.15, 0.2) is 42.0 Å². The molecular weight excluding hydrogens is 273 g/mol. The van der Waals surface area contributed by atoms with Crippen molar-refractivity contribution in [2.75, 3.05) is 0 Å². The van der Waals surface area contributed by atoms with Gasteiger partial charge in [0.25, 0.3) is 0 Å². The van der Waals surface area contributed by atoms with E-state index in [1.165, 1.54) is 29.8 Å². The van der Waals surface area contributed by atoms with Crippen molar-refractivity contribution in [3.63, 3.8) is 0 Å². The van der Waals surface area contributed by atoms with Crippen LogP contribution in [0.2, 0.25) is 0 Å². The van der Waals surface area contributed by atoms with Crippen molar-refractivity contribution < 1.29 is 13.2 Å². The molecule has 0 fully saturated rings. The molecule has 0 atom stereocenters. The molecule has 6 heteroatoms. The molecule has 0 saturated heterocycles. The van der Waals surface area contributed by atoms with Crippen LogP contribution in [0.3, 0.4) is 0 Å². The normalized spacial score (nSPS) is 11.9. The molecular formula is C13H7F3N2S. The van der Waals surface area contributed by atoms with Gasteiger partial charge in [0.1, 0.15) is 11.2 Å². The molecule has 0 saturated carbocycles. The predicted octanol–water partition coefficient (Wildman–Crippen LogP) is 4.38. The number of benzene rings is 1. The highest BCUT2D eigenvalue weighted by Crippen LogP contribution is 2.38. The largest absolute Gasteiger partial charge is 0.417 e. The first-order valence-electron chi connectivity index (χ1n) is 5.42. The fourth-order valence-electron chi connectivity index (χ4n) is 1.94. The fraction of sp³-hybridized carbons (Fsp3) is 0.0769. The molecule has 0 bridgehead atoms. The molecule has 0 amide bonds. The zero-order valence-corrected chi connectivity index (χ0v) is 10.3. The SMILES string of the molecule is FC(F)(F)c1ccccc1-c1ncnc2sccc12. The average molecular weight is 280 g/mol. The van der Waals surface area contributed by atoms with Crippen molar-refractivity contribution in [3.8, 4) is 11.3 Å². The monoisotopic (exact) mass is 280 g/mol. The van der Waals surface area contributed by atoms with Crippen LogP contribution in [0.4, 0.5) is 13.2 Å². The summed E-state index contributed by atoms with van der Waals surface area (Å²) in [6.45, 7) is 0. The smallest absolute Gasteiger partial charge is 0.236 e. The van der Waals surface area contributed by atoms with E-state index in [1.54, 1.807) is 17.5 Å². The van der Waals surface area contributed by atoms with E-state index in [4.69, 9.17) is 0 Å². The van der Waals surface area contributed by atoms with E-state index in [2.05, 4.69) is 9.97 Å². The van der Waals surface area contributed by atoms with Gasteiger partial charge in [0, 0.05) is 10.9 Å². The molecule has 2 nitrogen and oxygen atoms in total. The number of aromatic nitrogens is 2. The van der Waals surface area contributed by atoms with Crippen molar-refractivity contribution in [1.29, 1.82) is 0 Å². The highest BCUT2D eigenvalue weighted by Gasteiger charge is 2.34. The molecule has 0 aliphatic rings. The van der Waals surface area contributed by atoms with Gasteiger partial charge in [-0.2, -0.15) is 13.2 Å². The van der Waals surface area contributed by atoms with Crippen LogP contribution in [0.5, 0.6) is 0 Å². The Morgan fingerprint density at radius 2 is 1.79 bits per heavy atom. The van der Waals surface area contributed by atoms with E-state index in [0.717, 1.165) is 6.07 Å². The lowest BCUT2D eigenvalue weighted by atomic mass is 10.0. The Labute approximate surface area is 110 Å². The summed E-state index contributed by atoms with van der Waals surface area (Å²) in [6, 6.07) is 7.18. The summed E-state index contributed by atoms with van der Waals surface area (Å²) in [4.78, 5) is 8.75. The van der Waals surface area contributed by atoms with Crippen LogP contribution in [0, 0.1) is 0 Å². The molecule has 0 radical (unpaired) electrons. The third-order valence-electron chi connectivity index (χ3n) is 2.75. The van der Waals surface area contributed by atoms with Gasteiger partial charge in [0.2, 0.25) is 0 Å². The second-order valence-electron chi connectivity index (χ2n) is 3.91. The van der Waals surface area contributed by atoms with Crippen LogP contribution in [0.25, 0.3) is 21.5 Å². The second-order valence-corrected chi connectivity index (χ2v) is 4.80. The number of halogens is 3. The quantitative estimate of drug-likeness (QED) is 0.661. The van der Waals surface area contributed by atoms with Crippen molar-refractivity contribution in [2.45, 2.75) is 6.18 Å². The van der Waals surface area contributed by atoms with Crippen LogP contribution >= 0.6 is 11.3 Å². The Morgan fingerprint density at radius 1 is 1.00 bits per heavy atom. The van der Waals surface area contributed by atoms with Crippen molar-refractivity contribution in [3.05, 3.63) is 47.6 Å². The summed E-state index contributed by atoms with van der Waals surface area (Å²) >= 11 is 1.38. The van der Waals surface area contributed by atoms with E-state index in [9.17, 15) is 13.2 Å². The molecule has 0 spiro atoms. The van der Waals surface area contributed by atoms with Crippen molar-refractivity contribution in [1.82, 2.24) is 9.97 Å². The van der Waals surface area contributed by atoms with Gasteiger partial charge in [-0.3, -0.25) is 0 Å². The fourth-order valence-corrected chi connectivity index (χ4v) is 2.67. The minimum Gasteiger partial charge on any atom is -0.236 e. The number of fused-ring (bicyclic) bond motifs is 1. The number of hydrogen-bond acceptors (Lipinski definition) is 3. The van der Waals surface area contributed by atoms with Crippen LogP contribution in [-0.2, 0) is 6.18 Å². The molecule has 3 rings (SSSR count). The Kier molecular flexibility index (Phi) is 2.74. The van der Waals surface area contributed by atoms with E-state index in [-0.39, 0.29) is 5.56 Å². The van der Waals surface area contributed by atoms with Crippen LogP contribution in [0.1, 0.15) is 5.56 Å². The maximum absolute atomic E-state index is 13.0. The molecule has 0 N–H and O–H groups in total. The highest BCUT2D eigenvalue weighted by molar-refractivity contribution is 7.16. The van der Waals surface area contributed by atoms with Gasteiger partial charge in [-0.1, -0.05) is 18.2 Å². The van der Waals surface area contributed by atoms with Crippen molar-refractivity contribution in [2.24, 2.45) is 0 Å². The molecule has 0 unspecified atom stereocenters. The maximum atomic E-state index is 13.0. The molecule has 96 valence electrons. The topological polar surface area (TPSA) is 25.8 Å². The number of nitrogens with zero attached hydrogens (tertiary/aromatic N) is 2. The van der Waals surface area contributed by atoms with Crippen LogP contribution in [-0.4, -0.2) is 9.97 Å². The van der Waals surface area contributed by atoms with Gasteiger partial charge in [-0.25, -0.2) is 9.97 Å². The first-order valence-corrected chi connectivity index (χ1v) is 6.30. The third-order valence-corrected chi connectivity index (χ3v) is 3.57. The number of rotatable bonds is 1. The van der Waals surface area contributed by atoms with E-state index >= 15 is 0 Å². The number of thiophene rings is 1. The van der Waals surface area contributed by atoms with E-state index < -0.39 is 11.7 Å². The van der Waals surface area contributed by atoms with Crippen LogP contribution < -0.4 is 0 Å². The summed E-state index contributed by atoms with van der Waals surface area (Å²) in [5.74, 6) is 0. The van der Waals surface area contributed by atoms with Gasteiger partial charge in [0.15, 0.2) is 0 Å². The standard InChI is InChI=1S/C13H7F3N2S/c14-13(15,16)10-4-2-1-3-8(10)11-9-5-6-19-12(9)18-7-17-11/h1-7H. The van der Waals surface area contributed by atoms with Gasteiger partial charge >= 0.3 is 6.18 Å². The minimum atomic E-state index is -4.40. The van der Waals surface area contributed by atoms with Gasteiger partial charge < -0.3 is 0 Å². The lowest BCUT2D eigenvalue weighted by Gasteiger charge is -2.12. The van der Waals surface area contributed by atoms with E-state index in [0.29, 0.717) is 15.9 Å². The first kappa shape index (κ1) is 12.1. The second kappa shape index (κ2) is 4.31. The lowest BCUT2D eigenvalue weighted by Crippen LogP contribution is -2.07. The highest BCUT2D eigenvalue weighted by atomic mass is 32.1. The number of alkyl halides is 3. The average Bonchev–Trinajstić information content (AvgIpc) is 2.85. The number of hydrogen-bond donors (Lipinski definition) is 0. The third kappa shape index (κ3) is 2.08. The van der Waals surface area contributed by atoms with Gasteiger partial charge in [-0.05, 0) is 17.5 Å². The lowest BCUT2D eigenvalue weighted by molar-refractivity contribution is -0.137. The summed E-state index contributed by atoms with van der Waals surface area (Å²) in [5.41, 5.74) is -0.277. The molecule has 0 aliphatic carbocycles.